The molecule has 0 aromatic rings. The van der Waals surface area contributed by atoms with Crippen molar-refractivity contribution in [2.75, 3.05) is 0 Å². The molecule has 0 aliphatic carbocycles. The molecule has 4 nitrogen and oxygen atoms in total. The summed E-state index contributed by atoms with van der Waals surface area (Å²) < 4.78 is 5.37. The summed E-state index contributed by atoms with van der Waals surface area (Å²) in [5.41, 5.74) is 0.173. The number of hydrogen-bond acceptors (Lipinski definition) is 3. The van der Waals surface area contributed by atoms with Gasteiger partial charge < -0.3 is 9.53 Å². The van der Waals surface area contributed by atoms with E-state index in [1.807, 2.05) is 13.1 Å². The molecule has 92 valence electrons. The van der Waals surface area contributed by atoms with Gasteiger partial charge in [-0.3, -0.25) is 4.79 Å². The van der Waals surface area contributed by atoms with Crippen LogP contribution in [-0.2, 0) is 14.0 Å². The van der Waals surface area contributed by atoms with Crippen molar-refractivity contribution in [2.45, 2.75) is 45.8 Å². The van der Waals surface area contributed by atoms with Gasteiger partial charge in [-0.1, -0.05) is 19.4 Å². The third-order valence-electron chi connectivity index (χ3n) is 2.15. The SMILES string of the molecule is CCC[Si](C)(C)OC(=O)CC=C(C)C(=O)O. The Morgan fingerprint density at radius 3 is 2.38 bits per heavy atom. The summed E-state index contributed by atoms with van der Waals surface area (Å²) in [4.78, 5) is 21.9. The van der Waals surface area contributed by atoms with Gasteiger partial charge in [0.05, 0.1) is 6.42 Å². The minimum atomic E-state index is -1.89. The van der Waals surface area contributed by atoms with Crippen LogP contribution in [0, 0.1) is 0 Å². The Labute approximate surface area is 97.4 Å². The van der Waals surface area contributed by atoms with Gasteiger partial charge in [0.2, 0.25) is 8.32 Å². The van der Waals surface area contributed by atoms with Gasteiger partial charge in [0.1, 0.15) is 0 Å². The van der Waals surface area contributed by atoms with Crippen molar-refractivity contribution in [1.29, 1.82) is 0 Å². The predicted molar refractivity (Wildman–Crippen MR) is 64.7 cm³/mol. The highest BCUT2D eigenvalue weighted by atomic mass is 28.4. The van der Waals surface area contributed by atoms with Crippen molar-refractivity contribution < 1.29 is 19.1 Å². The molecular weight excluding hydrogens is 224 g/mol. The Balaban J connectivity index is 4.19. The van der Waals surface area contributed by atoms with Crippen LogP contribution in [0.3, 0.4) is 0 Å². The molecule has 0 aromatic heterocycles. The second-order valence-electron chi connectivity index (χ2n) is 4.38. The Kier molecular flexibility index (Phi) is 6.03. The third kappa shape index (κ3) is 6.39. The molecule has 0 radical (unpaired) electrons. The van der Waals surface area contributed by atoms with Crippen molar-refractivity contribution in [1.82, 2.24) is 0 Å². The van der Waals surface area contributed by atoms with E-state index < -0.39 is 14.3 Å². The fourth-order valence-corrected chi connectivity index (χ4v) is 3.33. The summed E-state index contributed by atoms with van der Waals surface area (Å²) in [7, 11) is -1.89. The van der Waals surface area contributed by atoms with E-state index in [2.05, 4.69) is 6.92 Å². The van der Waals surface area contributed by atoms with Crippen LogP contribution in [0.4, 0.5) is 0 Å². The molecule has 0 rings (SSSR count). The van der Waals surface area contributed by atoms with Crippen molar-refractivity contribution >= 4 is 20.3 Å². The molecule has 0 saturated heterocycles. The van der Waals surface area contributed by atoms with E-state index in [0.29, 0.717) is 0 Å². The lowest BCUT2D eigenvalue weighted by Crippen LogP contribution is -2.32. The van der Waals surface area contributed by atoms with Crippen LogP contribution in [0.1, 0.15) is 26.7 Å². The third-order valence-corrected chi connectivity index (χ3v) is 4.64. The van der Waals surface area contributed by atoms with E-state index in [1.165, 1.54) is 13.0 Å². The maximum Gasteiger partial charge on any atom is 0.330 e. The smallest absolute Gasteiger partial charge is 0.330 e. The fraction of sp³-hybridized carbons (Fsp3) is 0.636. The first kappa shape index (κ1) is 14.9. The monoisotopic (exact) mass is 244 g/mol. The van der Waals surface area contributed by atoms with Crippen LogP contribution >= 0.6 is 0 Å². The molecule has 0 bridgehead atoms. The molecule has 0 aromatic carbocycles. The van der Waals surface area contributed by atoms with Gasteiger partial charge in [-0.15, -0.1) is 0 Å². The Morgan fingerprint density at radius 2 is 1.94 bits per heavy atom. The zero-order valence-corrected chi connectivity index (χ0v) is 11.4. The number of rotatable bonds is 6. The Hall–Kier alpha value is -1.10. The number of carboxylic acid groups (broad SMARTS) is 1. The highest BCUT2D eigenvalue weighted by Gasteiger charge is 2.25. The molecule has 5 heteroatoms. The first-order chi connectivity index (χ1) is 7.28. The summed E-state index contributed by atoms with van der Waals surface area (Å²) in [6.07, 6.45) is 2.43. The zero-order valence-electron chi connectivity index (χ0n) is 10.4. The summed E-state index contributed by atoms with van der Waals surface area (Å²) in [6, 6.07) is 0.931. The quantitative estimate of drug-likeness (QED) is 0.576. The molecule has 1 N–H and O–H groups in total. The highest BCUT2D eigenvalue weighted by molar-refractivity contribution is 6.72. The lowest BCUT2D eigenvalue weighted by molar-refractivity contribution is -0.134. The molecule has 0 aliphatic heterocycles. The fourth-order valence-electron chi connectivity index (χ4n) is 1.33. The number of aliphatic carboxylic acids is 1. The standard InChI is InChI=1S/C11H20O4Si/c1-5-8-16(3,4)15-10(12)7-6-9(2)11(13)14/h6H,5,7-8H2,1-4H3,(H,13,14). The van der Waals surface area contributed by atoms with Gasteiger partial charge in [0, 0.05) is 5.57 Å². The van der Waals surface area contributed by atoms with Crippen molar-refractivity contribution in [2.24, 2.45) is 0 Å². The number of carbonyl (C=O) groups excluding carboxylic acids is 1. The van der Waals surface area contributed by atoms with Gasteiger partial charge in [-0.25, -0.2) is 4.79 Å². The lowest BCUT2D eigenvalue weighted by Gasteiger charge is -2.21. The predicted octanol–water partition coefficient (Wildman–Crippen LogP) is 2.57. The van der Waals surface area contributed by atoms with Gasteiger partial charge in [-0.05, 0) is 26.1 Å². The van der Waals surface area contributed by atoms with Crippen molar-refractivity contribution in [3.63, 3.8) is 0 Å². The molecule has 0 amide bonds. The van der Waals surface area contributed by atoms with E-state index in [-0.39, 0.29) is 18.0 Å². The normalized spacial score (nSPS) is 12.4. The van der Waals surface area contributed by atoms with Crippen molar-refractivity contribution in [3.05, 3.63) is 11.6 Å². The van der Waals surface area contributed by atoms with E-state index >= 15 is 0 Å². The zero-order chi connectivity index (χ0) is 12.8. The van der Waals surface area contributed by atoms with E-state index in [0.717, 1.165) is 12.5 Å². The summed E-state index contributed by atoms with van der Waals surface area (Å²) in [6.45, 7) is 7.49. The molecule has 16 heavy (non-hydrogen) atoms. The van der Waals surface area contributed by atoms with Gasteiger partial charge in [0.15, 0.2) is 0 Å². The average molecular weight is 244 g/mol. The van der Waals surface area contributed by atoms with Gasteiger partial charge in [-0.2, -0.15) is 0 Å². The van der Waals surface area contributed by atoms with Crippen LogP contribution in [0.2, 0.25) is 19.1 Å². The number of hydrogen-bond donors (Lipinski definition) is 1. The lowest BCUT2D eigenvalue weighted by atomic mass is 10.2. The Morgan fingerprint density at radius 1 is 1.38 bits per heavy atom. The van der Waals surface area contributed by atoms with Gasteiger partial charge >= 0.3 is 5.97 Å². The molecule has 0 fully saturated rings. The minimum Gasteiger partial charge on any atom is -0.519 e. The first-order valence-electron chi connectivity index (χ1n) is 5.40. The summed E-state index contributed by atoms with van der Waals surface area (Å²) in [5.74, 6) is -1.33. The van der Waals surface area contributed by atoms with E-state index in [9.17, 15) is 9.59 Å². The summed E-state index contributed by atoms with van der Waals surface area (Å²) >= 11 is 0. The van der Waals surface area contributed by atoms with Crippen molar-refractivity contribution in [3.8, 4) is 0 Å². The van der Waals surface area contributed by atoms with Crippen LogP contribution in [0.15, 0.2) is 11.6 Å². The molecule has 0 spiro atoms. The maximum absolute atomic E-state index is 11.4. The van der Waals surface area contributed by atoms with Crippen LogP contribution < -0.4 is 0 Å². The van der Waals surface area contributed by atoms with Crippen LogP contribution in [0.25, 0.3) is 0 Å². The molecule has 0 aliphatic rings. The van der Waals surface area contributed by atoms with E-state index in [1.54, 1.807) is 0 Å². The molecule has 0 atom stereocenters. The second kappa shape index (κ2) is 6.47. The van der Waals surface area contributed by atoms with E-state index in [4.69, 9.17) is 9.53 Å². The second-order valence-corrected chi connectivity index (χ2v) is 8.60. The highest BCUT2D eigenvalue weighted by Crippen LogP contribution is 2.14. The summed E-state index contributed by atoms with van der Waals surface area (Å²) in [5, 5.41) is 8.60. The molecule has 0 saturated carbocycles. The van der Waals surface area contributed by atoms with Crippen LogP contribution in [0.5, 0.6) is 0 Å². The first-order valence-corrected chi connectivity index (χ1v) is 8.52. The average Bonchev–Trinajstić information content (AvgIpc) is 2.12. The molecule has 0 unspecified atom stereocenters. The minimum absolute atomic E-state index is 0.0400. The number of carbonyl (C=O) groups is 2. The molecule has 0 heterocycles. The maximum atomic E-state index is 11.4. The topological polar surface area (TPSA) is 63.6 Å². The molecular formula is C11H20O4Si. The van der Waals surface area contributed by atoms with Gasteiger partial charge in [0.25, 0.3) is 5.97 Å². The Bertz CT molecular complexity index is 294. The largest absolute Gasteiger partial charge is 0.519 e. The number of carboxylic acids is 1. The van der Waals surface area contributed by atoms with Crippen LogP contribution in [-0.4, -0.2) is 25.4 Å².